The lowest BCUT2D eigenvalue weighted by atomic mass is 9.84. The van der Waals surface area contributed by atoms with Crippen LogP contribution in [0.4, 0.5) is 0 Å². The van der Waals surface area contributed by atoms with Crippen molar-refractivity contribution in [3.05, 3.63) is 47.7 Å². The topological polar surface area (TPSA) is 48.1 Å². The molecule has 4 nitrogen and oxygen atoms in total. The third-order valence-electron chi connectivity index (χ3n) is 5.27. The maximum atomic E-state index is 12.5. The highest BCUT2D eigenvalue weighted by atomic mass is 16.2. The van der Waals surface area contributed by atoms with Crippen molar-refractivity contribution < 1.29 is 4.79 Å². The Labute approximate surface area is 136 Å². The Morgan fingerprint density at radius 1 is 1.13 bits per heavy atom. The standard InChI is InChI=1S/C19H23N3O/c1-13-2-4-14(5-3-13)16-6-7-17(20-16)19(23)21-18-12-22-10-8-15(18)9-11-22/h2-7,15,18,20H,8-12H2,1H3,(H,21,23)/t18-/m0/s1. The predicted molar refractivity (Wildman–Crippen MR) is 91.4 cm³/mol. The van der Waals surface area contributed by atoms with Gasteiger partial charge in [-0.05, 0) is 56.5 Å². The molecule has 0 radical (unpaired) electrons. The molecule has 3 fully saturated rings. The number of rotatable bonds is 3. The van der Waals surface area contributed by atoms with Crippen LogP contribution in [0.2, 0.25) is 0 Å². The summed E-state index contributed by atoms with van der Waals surface area (Å²) >= 11 is 0. The van der Waals surface area contributed by atoms with Crippen LogP contribution in [0.15, 0.2) is 36.4 Å². The quantitative estimate of drug-likeness (QED) is 0.916. The van der Waals surface area contributed by atoms with Crippen molar-refractivity contribution in [3.63, 3.8) is 0 Å². The summed E-state index contributed by atoms with van der Waals surface area (Å²) in [5, 5.41) is 3.23. The molecule has 3 aliphatic rings. The molecule has 5 rings (SSSR count). The number of carbonyl (C=O) groups excluding carboxylic acids is 1. The molecule has 1 aromatic heterocycles. The first kappa shape index (κ1) is 14.5. The number of aryl methyl sites for hydroxylation is 1. The number of benzene rings is 1. The zero-order valence-electron chi connectivity index (χ0n) is 13.5. The van der Waals surface area contributed by atoms with E-state index in [2.05, 4.69) is 46.4 Å². The van der Waals surface area contributed by atoms with E-state index in [0.717, 1.165) is 17.8 Å². The number of aromatic nitrogens is 1. The smallest absolute Gasteiger partial charge is 0.267 e. The predicted octanol–water partition coefficient (Wildman–Crippen LogP) is 2.81. The average molecular weight is 309 g/mol. The molecule has 3 aliphatic heterocycles. The third kappa shape index (κ3) is 2.91. The zero-order chi connectivity index (χ0) is 15.8. The Balaban J connectivity index is 1.46. The molecular weight excluding hydrogens is 286 g/mol. The van der Waals surface area contributed by atoms with Crippen LogP contribution in [0, 0.1) is 12.8 Å². The molecule has 4 heteroatoms. The van der Waals surface area contributed by atoms with Gasteiger partial charge in [0.05, 0.1) is 0 Å². The summed E-state index contributed by atoms with van der Waals surface area (Å²) in [5.74, 6) is 0.664. The van der Waals surface area contributed by atoms with Crippen LogP contribution >= 0.6 is 0 Å². The molecule has 2 bridgehead atoms. The molecule has 23 heavy (non-hydrogen) atoms. The van der Waals surface area contributed by atoms with E-state index in [0.29, 0.717) is 17.7 Å². The number of H-pyrrole nitrogens is 1. The lowest BCUT2D eigenvalue weighted by Crippen LogP contribution is -2.57. The van der Waals surface area contributed by atoms with Crippen molar-refractivity contribution in [2.75, 3.05) is 19.6 Å². The van der Waals surface area contributed by atoms with Crippen LogP contribution in [0.3, 0.4) is 0 Å². The molecule has 1 amide bonds. The van der Waals surface area contributed by atoms with E-state index in [1.54, 1.807) is 0 Å². The number of nitrogens with one attached hydrogen (secondary N) is 2. The number of carbonyl (C=O) groups is 1. The summed E-state index contributed by atoms with van der Waals surface area (Å²) in [6.07, 6.45) is 2.43. The summed E-state index contributed by atoms with van der Waals surface area (Å²) < 4.78 is 0. The molecule has 3 saturated heterocycles. The lowest BCUT2D eigenvalue weighted by molar-refractivity contribution is 0.0618. The summed E-state index contributed by atoms with van der Waals surface area (Å²) in [6.45, 7) is 5.46. The molecule has 1 aromatic carbocycles. The van der Waals surface area contributed by atoms with E-state index in [1.165, 1.54) is 31.5 Å². The van der Waals surface area contributed by atoms with Gasteiger partial charge in [-0.25, -0.2) is 0 Å². The first-order valence-electron chi connectivity index (χ1n) is 8.48. The van der Waals surface area contributed by atoms with E-state index in [9.17, 15) is 4.79 Å². The summed E-state index contributed by atoms with van der Waals surface area (Å²) in [7, 11) is 0. The maximum absolute atomic E-state index is 12.5. The van der Waals surface area contributed by atoms with Crippen molar-refractivity contribution in [1.82, 2.24) is 15.2 Å². The van der Waals surface area contributed by atoms with Gasteiger partial charge in [0.15, 0.2) is 0 Å². The van der Waals surface area contributed by atoms with Gasteiger partial charge in [-0.1, -0.05) is 29.8 Å². The Morgan fingerprint density at radius 3 is 2.52 bits per heavy atom. The zero-order valence-corrected chi connectivity index (χ0v) is 13.5. The van der Waals surface area contributed by atoms with Crippen molar-refractivity contribution in [1.29, 1.82) is 0 Å². The van der Waals surface area contributed by atoms with Crippen molar-refractivity contribution >= 4 is 5.91 Å². The highest BCUT2D eigenvalue weighted by Gasteiger charge is 2.35. The van der Waals surface area contributed by atoms with Crippen LogP contribution < -0.4 is 5.32 Å². The molecule has 0 aliphatic carbocycles. The van der Waals surface area contributed by atoms with E-state index in [-0.39, 0.29) is 5.91 Å². The Hall–Kier alpha value is -2.07. The maximum Gasteiger partial charge on any atom is 0.267 e. The molecule has 1 atom stereocenters. The van der Waals surface area contributed by atoms with E-state index in [1.807, 2.05) is 12.1 Å². The summed E-state index contributed by atoms with van der Waals surface area (Å²) in [4.78, 5) is 18.2. The van der Waals surface area contributed by atoms with E-state index < -0.39 is 0 Å². The second-order valence-corrected chi connectivity index (χ2v) is 6.87. The average Bonchev–Trinajstić information content (AvgIpc) is 3.07. The Bertz CT molecular complexity index is 696. The molecular formula is C19H23N3O. The van der Waals surface area contributed by atoms with Gasteiger partial charge in [-0.2, -0.15) is 0 Å². The van der Waals surface area contributed by atoms with Gasteiger partial charge < -0.3 is 15.2 Å². The highest BCUT2D eigenvalue weighted by molar-refractivity contribution is 5.93. The monoisotopic (exact) mass is 309 g/mol. The first-order valence-corrected chi connectivity index (χ1v) is 8.48. The molecule has 0 spiro atoms. The number of hydrogen-bond acceptors (Lipinski definition) is 2. The van der Waals surface area contributed by atoms with E-state index >= 15 is 0 Å². The van der Waals surface area contributed by atoms with Crippen LogP contribution in [0.25, 0.3) is 11.3 Å². The SMILES string of the molecule is Cc1ccc(-c2ccc(C(=O)N[C@H]3CN4CCC3CC4)[nH]2)cc1. The van der Waals surface area contributed by atoms with Crippen LogP contribution in [-0.2, 0) is 0 Å². The number of amides is 1. The van der Waals surface area contributed by atoms with Gasteiger partial charge in [0.1, 0.15) is 5.69 Å². The number of fused-ring (bicyclic) bond motifs is 3. The highest BCUT2D eigenvalue weighted by Crippen LogP contribution is 2.27. The van der Waals surface area contributed by atoms with Gasteiger partial charge in [-0.3, -0.25) is 4.79 Å². The molecule has 0 unspecified atom stereocenters. The molecule has 2 aromatic rings. The normalized spacial score (nSPS) is 26.2. The van der Waals surface area contributed by atoms with Gasteiger partial charge in [0.25, 0.3) is 5.91 Å². The first-order chi connectivity index (χ1) is 11.2. The number of aromatic amines is 1. The Morgan fingerprint density at radius 2 is 1.87 bits per heavy atom. The number of nitrogens with zero attached hydrogens (tertiary/aromatic N) is 1. The summed E-state index contributed by atoms with van der Waals surface area (Å²) in [5.41, 5.74) is 3.99. The van der Waals surface area contributed by atoms with Gasteiger partial charge in [0, 0.05) is 18.3 Å². The number of piperidine rings is 3. The largest absolute Gasteiger partial charge is 0.351 e. The van der Waals surface area contributed by atoms with Crippen molar-refractivity contribution in [2.24, 2.45) is 5.92 Å². The summed E-state index contributed by atoms with van der Waals surface area (Å²) in [6, 6.07) is 12.5. The minimum Gasteiger partial charge on any atom is -0.351 e. The molecule has 2 N–H and O–H groups in total. The molecule has 4 heterocycles. The van der Waals surface area contributed by atoms with E-state index in [4.69, 9.17) is 0 Å². The van der Waals surface area contributed by atoms with Gasteiger partial charge in [-0.15, -0.1) is 0 Å². The minimum absolute atomic E-state index is 0.0158. The third-order valence-corrected chi connectivity index (χ3v) is 5.27. The molecule has 0 saturated carbocycles. The second kappa shape index (κ2) is 5.85. The van der Waals surface area contributed by atoms with Gasteiger partial charge in [0.2, 0.25) is 0 Å². The number of hydrogen-bond donors (Lipinski definition) is 2. The van der Waals surface area contributed by atoms with Crippen LogP contribution in [-0.4, -0.2) is 41.5 Å². The van der Waals surface area contributed by atoms with Crippen molar-refractivity contribution in [2.45, 2.75) is 25.8 Å². The fourth-order valence-corrected chi connectivity index (χ4v) is 3.80. The Kier molecular flexibility index (Phi) is 3.69. The molecule has 120 valence electrons. The van der Waals surface area contributed by atoms with Crippen LogP contribution in [0.1, 0.15) is 28.9 Å². The van der Waals surface area contributed by atoms with Crippen molar-refractivity contribution in [3.8, 4) is 11.3 Å². The fraction of sp³-hybridized carbons (Fsp3) is 0.421. The minimum atomic E-state index is 0.0158. The second-order valence-electron chi connectivity index (χ2n) is 6.87. The lowest BCUT2D eigenvalue weighted by Gasteiger charge is -2.44. The van der Waals surface area contributed by atoms with Crippen LogP contribution in [0.5, 0.6) is 0 Å². The fourth-order valence-electron chi connectivity index (χ4n) is 3.80. The van der Waals surface area contributed by atoms with Gasteiger partial charge >= 0.3 is 0 Å².